The Labute approximate surface area is 129 Å². The third-order valence-electron chi connectivity index (χ3n) is 2.86. The first kappa shape index (κ1) is 13.0. The molecule has 20 heavy (non-hydrogen) atoms. The van der Waals surface area contributed by atoms with Gasteiger partial charge in [-0.2, -0.15) is 0 Å². The van der Waals surface area contributed by atoms with Crippen LogP contribution >= 0.6 is 22.6 Å². The van der Waals surface area contributed by atoms with Gasteiger partial charge in [0.1, 0.15) is 5.82 Å². The smallest absolute Gasteiger partial charge is 0.257 e. The molecule has 1 aromatic carbocycles. The second-order valence-electron chi connectivity index (χ2n) is 4.19. The van der Waals surface area contributed by atoms with Crippen LogP contribution in [0, 0.1) is 3.57 Å². The summed E-state index contributed by atoms with van der Waals surface area (Å²) >= 11 is 2.17. The maximum absolute atomic E-state index is 12.3. The van der Waals surface area contributed by atoms with Crippen LogP contribution in [0.25, 0.3) is 10.9 Å². The zero-order chi connectivity index (χ0) is 13.9. The highest BCUT2D eigenvalue weighted by molar-refractivity contribution is 14.1. The number of pyridine rings is 2. The lowest BCUT2D eigenvalue weighted by atomic mass is 10.1. The van der Waals surface area contributed by atoms with E-state index in [1.165, 1.54) is 0 Å². The molecule has 0 fully saturated rings. The molecule has 0 aliphatic rings. The Kier molecular flexibility index (Phi) is 3.60. The van der Waals surface area contributed by atoms with E-state index >= 15 is 0 Å². The molecule has 0 aliphatic carbocycles. The molecular formula is C15H10IN3O. The van der Waals surface area contributed by atoms with Gasteiger partial charge < -0.3 is 5.32 Å². The van der Waals surface area contributed by atoms with Crippen LogP contribution in [0.1, 0.15) is 10.4 Å². The molecule has 0 bridgehead atoms. The predicted molar refractivity (Wildman–Crippen MR) is 86.7 cm³/mol. The molecule has 0 unspecified atom stereocenters. The van der Waals surface area contributed by atoms with Crippen molar-refractivity contribution >= 4 is 45.2 Å². The average molecular weight is 375 g/mol. The van der Waals surface area contributed by atoms with Gasteiger partial charge >= 0.3 is 0 Å². The molecule has 5 heteroatoms. The van der Waals surface area contributed by atoms with Crippen molar-refractivity contribution < 1.29 is 4.79 Å². The number of carbonyl (C=O) groups excluding carboxylic acids is 1. The molecule has 2 aromatic heterocycles. The van der Waals surface area contributed by atoms with Gasteiger partial charge in [-0.3, -0.25) is 9.78 Å². The molecule has 3 rings (SSSR count). The maximum atomic E-state index is 12.3. The standard InChI is InChI=1S/C15H10IN3O/c16-10-5-6-14(18-9-10)19-15(20)12-7-8-17-13-4-2-1-3-11(12)13/h1-9H,(H,18,19,20). The lowest BCUT2D eigenvalue weighted by molar-refractivity contribution is 0.102. The molecule has 1 N–H and O–H groups in total. The minimum absolute atomic E-state index is 0.183. The molecule has 1 amide bonds. The van der Waals surface area contributed by atoms with Crippen LogP contribution < -0.4 is 5.32 Å². The third kappa shape index (κ3) is 2.62. The SMILES string of the molecule is O=C(Nc1ccc(I)cn1)c1ccnc2ccccc12. The Balaban J connectivity index is 1.94. The molecule has 0 spiro atoms. The summed E-state index contributed by atoms with van der Waals surface area (Å²) in [5.41, 5.74) is 1.40. The van der Waals surface area contributed by atoms with Crippen molar-refractivity contribution in [3.05, 3.63) is 64.0 Å². The van der Waals surface area contributed by atoms with E-state index < -0.39 is 0 Å². The fourth-order valence-electron chi connectivity index (χ4n) is 1.93. The number of para-hydroxylation sites is 1. The molecule has 0 radical (unpaired) electrons. The van der Waals surface area contributed by atoms with E-state index in [-0.39, 0.29) is 5.91 Å². The Morgan fingerprint density at radius 1 is 1.05 bits per heavy atom. The molecule has 0 aliphatic heterocycles. The number of anilines is 1. The van der Waals surface area contributed by atoms with E-state index in [4.69, 9.17) is 0 Å². The number of nitrogens with zero attached hydrogens (tertiary/aromatic N) is 2. The van der Waals surface area contributed by atoms with Gasteiger partial charge in [0.05, 0.1) is 11.1 Å². The molecule has 2 heterocycles. The van der Waals surface area contributed by atoms with Crippen LogP contribution in [-0.2, 0) is 0 Å². The van der Waals surface area contributed by atoms with Gasteiger partial charge in [0.2, 0.25) is 0 Å². The normalized spacial score (nSPS) is 10.4. The summed E-state index contributed by atoms with van der Waals surface area (Å²) in [5, 5.41) is 3.63. The highest BCUT2D eigenvalue weighted by Crippen LogP contribution is 2.17. The minimum Gasteiger partial charge on any atom is -0.307 e. The number of carbonyl (C=O) groups is 1. The van der Waals surface area contributed by atoms with E-state index in [9.17, 15) is 4.79 Å². The number of fused-ring (bicyclic) bond motifs is 1. The first-order chi connectivity index (χ1) is 9.74. The van der Waals surface area contributed by atoms with E-state index in [1.54, 1.807) is 24.5 Å². The number of rotatable bonds is 2. The fourth-order valence-corrected chi connectivity index (χ4v) is 2.25. The summed E-state index contributed by atoms with van der Waals surface area (Å²) in [6.45, 7) is 0. The molecule has 98 valence electrons. The van der Waals surface area contributed by atoms with Crippen LogP contribution in [0.15, 0.2) is 54.9 Å². The Morgan fingerprint density at radius 3 is 2.70 bits per heavy atom. The van der Waals surface area contributed by atoms with Crippen LogP contribution in [-0.4, -0.2) is 15.9 Å². The Morgan fingerprint density at radius 2 is 1.90 bits per heavy atom. The first-order valence-electron chi connectivity index (χ1n) is 6.01. The number of halogens is 1. The fraction of sp³-hybridized carbons (Fsp3) is 0. The topological polar surface area (TPSA) is 54.9 Å². The van der Waals surface area contributed by atoms with Crippen LogP contribution in [0.5, 0.6) is 0 Å². The molecule has 3 aromatic rings. The molecular weight excluding hydrogens is 365 g/mol. The summed E-state index contributed by atoms with van der Waals surface area (Å²) in [4.78, 5) is 20.7. The van der Waals surface area contributed by atoms with Crippen LogP contribution in [0.3, 0.4) is 0 Å². The van der Waals surface area contributed by atoms with Crippen LogP contribution in [0.2, 0.25) is 0 Å². The van der Waals surface area contributed by atoms with Gasteiger partial charge in [-0.05, 0) is 46.9 Å². The largest absolute Gasteiger partial charge is 0.307 e. The second-order valence-corrected chi connectivity index (χ2v) is 5.44. The monoisotopic (exact) mass is 375 g/mol. The number of hydrogen-bond acceptors (Lipinski definition) is 3. The number of amides is 1. The van der Waals surface area contributed by atoms with Crippen molar-refractivity contribution in [2.75, 3.05) is 5.32 Å². The average Bonchev–Trinajstić information content (AvgIpc) is 2.49. The first-order valence-corrected chi connectivity index (χ1v) is 7.08. The van der Waals surface area contributed by atoms with Crippen molar-refractivity contribution in [2.45, 2.75) is 0 Å². The number of benzene rings is 1. The molecule has 4 nitrogen and oxygen atoms in total. The van der Waals surface area contributed by atoms with Gasteiger partial charge in [0.25, 0.3) is 5.91 Å². The molecule has 0 saturated heterocycles. The van der Waals surface area contributed by atoms with Gasteiger partial charge in [-0.15, -0.1) is 0 Å². The number of aromatic nitrogens is 2. The van der Waals surface area contributed by atoms with Gasteiger partial charge in [0.15, 0.2) is 0 Å². The van der Waals surface area contributed by atoms with Gasteiger partial charge in [-0.1, -0.05) is 18.2 Å². The second kappa shape index (κ2) is 5.54. The van der Waals surface area contributed by atoms with Crippen molar-refractivity contribution in [2.24, 2.45) is 0 Å². The summed E-state index contributed by atoms with van der Waals surface area (Å²) in [7, 11) is 0. The van der Waals surface area contributed by atoms with Crippen molar-refractivity contribution in [1.82, 2.24) is 9.97 Å². The maximum Gasteiger partial charge on any atom is 0.257 e. The lowest BCUT2D eigenvalue weighted by Crippen LogP contribution is -2.13. The van der Waals surface area contributed by atoms with E-state index in [0.29, 0.717) is 11.4 Å². The van der Waals surface area contributed by atoms with Crippen molar-refractivity contribution in [3.8, 4) is 0 Å². The highest BCUT2D eigenvalue weighted by atomic mass is 127. The van der Waals surface area contributed by atoms with Gasteiger partial charge in [0, 0.05) is 21.4 Å². The summed E-state index contributed by atoms with van der Waals surface area (Å²) in [6.07, 6.45) is 3.35. The van der Waals surface area contributed by atoms with E-state index in [0.717, 1.165) is 14.5 Å². The molecule has 0 atom stereocenters. The van der Waals surface area contributed by atoms with Crippen molar-refractivity contribution in [1.29, 1.82) is 0 Å². The highest BCUT2D eigenvalue weighted by Gasteiger charge is 2.10. The number of hydrogen-bond donors (Lipinski definition) is 1. The zero-order valence-electron chi connectivity index (χ0n) is 10.4. The quantitative estimate of drug-likeness (QED) is 0.698. The van der Waals surface area contributed by atoms with Crippen LogP contribution in [0.4, 0.5) is 5.82 Å². The third-order valence-corrected chi connectivity index (χ3v) is 3.50. The van der Waals surface area contributed by atoms with Gasteiger partial charge in [-0.25, -0.2) is 4.98 Å². The summed E-state index contributed by atoms with van der Waals surface area (Å²) < 4.78 is 1.02. The number of nitrogens with one attached hydrogen (secondary N) is 1. The molecule has 0 saturated carbocycles. The summed E-state index contributed by atoms with van der Waals surface area (Å²) in [6, 6.07) is 13.0. The predicted octanol–water partition coefficient (Wildman–Crippen LogP) is 3.49. The summed E-state index contributed by atoms with van der Waals surface area (Å²) in [5.74, 6) is 0.355. The minimum atomic E-state index is -0.183. The lowest BCUT2D eigenvalue weighted by Gasteiger charge is -2.07. The zero-order valence-corrected chi connectivity index (χ0v) is 12.5. The van der Waals surface area contributed by atoms with E-state index in [1.807, 2.05) is 30.3 Å². The Bertz CT molecular complexity index is 766. The van der Waals surface area contributed by atoms with Crippen molar-refractivity contribution in [3.63, 3.8) is 0 Å². The Hall–Kier alpha value is -2.02. The van der Waals surface area contributed by atoms with E-state index in [2.05, 4.69) is 37.9 Å².